The molecular formula is C17H19N3O2. The van der Waals surface area contributed by atoms with Gasteiger partial charge in [0, 0.05) is 30.6 Å². The fraction of sp³-hybridized carbons (Fsp3) is 0.471. The Balaban J connectivity index is 1.61. The standard InChI is InChI=1S/C17H19N3O2/c21-16(12-3-9-19-14-4-8-18-11-13(12)14)20-15-5-10-22-17(15)6-1-2-7-17/h3-4,8-9,11,15H,1-2,5-7,10H2,(H,20,21). The van der Waals surface area contributed by atoms with Crippen molar-refractivity contribution in [3.05, 3.63) is 36.3 Å². The van der Waals surface area contributed by atoms with E-state index < -0.39 is 0 Å². The Labute approximate surface area is 129 Å². The molecule has 1 saturated heterocycles. The molecule has 22 heavy (non-hydrogen) atoms. The molecule has 2 fully saturated rings. The normalized spacial score (nSPS) is 23.2. The van der Waals surface area contributed by atoms with Crippen LogP contribution in [0.4, 0.5) is 0 Å². The minimum Gasteiger partial charge on any atom is -0.373 e. The van der Waals surface area contributed by atoms with Gasteiger partial charge in [0.1, 0.15) is 0 Å². The van der Waals surface area contributed by atoms with Crippen LogP contribution in [-0.2, 0) is 4.74 Å². The summed E-state index contributed by atoms with van der Waals surface area (Å²) in [5, 5.41) is 3.99. The van der Waals surface area contributed by atoms with E-state index in [1.165, 1.54) is 12.8 Å². The maximum Gasteiger partial charge on any atom is 0.252 e. The van der Waals surface area contributed by atoms with Crippen LogP contribution >= 0.6 is 0 Å². The highest BCUT2D eigenvalue weighted by Crippen LogP contribution is 2.41. The van der Waals surface area contributed by atoms with E-state index in [0.29, 0.717) is 5.56 Å². The number of ether oxygens (including phenoxy) is 1. The molecule has 2 aromatic heterocycles. The number of aromatic nitrogens is 2. The highest BCUT2D eigenvalue weighted by molar-refractivity contribution is 6.05. The topological polar surface area (TPSA) is 64.1 Å². The predicted molar refractivity (Wildman–Crippen MR) is 82.6 cm³/mol. The van der Waals surface area contributed by atoms with Crippen molar-refractivity contribution in [1.29, 1.82) is 0 Å². The average molecular weight is 297 g/mol. The van der Waals surface area contributed by atoms with Crippen LogP contribution in [0.25, 0.3) is 10.9 Å². The fourth-order valence-corrected chi connectivity index (χ4v) is 3.84. The molecule has 0 bridgehead atoms. The summed E-state index contributed by atoms with van der Waals surface area (Å²) < 4.78 is 6.00. The van der Waals surface area contributed by atoms with Crippen molar-refractivity contribution in [3.8, 4) is 0 Å². The molecule has 1 aliphatic heterocycles. The van der Waals surface area contributed by atoms with E-state index in [4.69, 9.17) is 4.74 Å². The lowest BCUT2D eigenvalue weighted by Crippen LogP contribution is -2.48. The summed E-state index contributed by atoms with van der Waals surface area (Å²) in [6, 6.07) is 3.70. The molecule has 1 saturated carbocycles. The molecule has 0 aromatic carbocycles. The van der Waals surface area contributed by atoms with E-state index in [2.05, 4.69) is 15.3 Å². The van der Waals surface area contributed by atoms with E-state index in [-0.39, 0.29) is 17.6 Å². The third-order valence-electron chi connectivity index (χ3n) is 4.97. The molecular weight excluding hydrogens is 278 g/mol. The summed E-state index contributed by atoms with van der Waals surface area (Å²) >= 11 is 0. The van der Waals surface area contributed by atoms with E-state index in [0.717, 1.165) is 36.8 Å². The molecule has 1 spiro atoms. The largest absolute Gasteiger partial charge is 0.373 e. The summed E-state index contributed by atoms with van der Waals surface area (Å²) in [5.74, 6) is -0.0535. The van der Waals surface area contributed by atoms with Crippen LogP contribution in [-0.4, -0.2) is 34.1 Å². The van der Waals surface area contributed by atoms with Crippen molar-refractivity contribution in [2.24, 2.45) is 0 Å². The van der Waals surface area contributed by atoms with Crippen LogP contribution in [0.3, 0.4) is 0 Å². The Kier molecular flexibility index (Phi) is 3.30. The molecule has 5 heteroatoms. The molecule has 1 N–H and O–H groups in total. The summed E-state index contributed by atoms with van der Waals surface area (Å²) in [4.78, 5) is 21.1. The van der Waals surface area contributed by atoms with Crippen LogP contribution in [0.2, 0.25) is 0 Å². The van der Waals surface area contributed by atoms with Crippen LogP contribution in [0.15, 0.2) is 30.7 Å². The van der Waals surface area contributed by atoms with Crippen molar-refractivity contribution in [1.82, 2.24) is 15.3 Å². The lowest BCUT2D eigenvalue weighted by Gasteiger charge is -2.30. The third kappa shape index (κ3) is 2.16. The van der Waals surface area contributed by atoms with E-state index in [1.807, 2.05) is 6.07 Å². The van der Waals surface area contributed by atoms with Crippen LogP contribution in [0.1, 0.15) is 42.5 Å². The van der Waals surface area contributed by atoms with Crippen molar-refractivity contribution < 1.29 is 9.53 Å². The number of carbonyl (C=O) groups is 1. The minimum absolute atomic E-state index is 0.0535. The molecule has 114 valence electrons. The van der Waals surface area contributed by atoms with Crippen molar-refractivity contribution in [3.63, 3.8) is 0 Å². The van der Waals surface area contributed by atoms with Gasteiger partial charge in [-0.3, -0.25) is 14.8 Å². The first kappa shape index (κ1) is 13.6. The average Bonchev–Trinajstić information content (AvgIpc) is 3.18. The third-order valence-corrected chi connectivity index (χ3v) is 4.97. The van der Waals surface area contributed by atoms with Crippen molar-refractivity contribution in [2.45, 2.75) is 43.7 Å². The second-order valence-corrected chi connectivity index (χ2v) is 6.19. The van der Waals surface area contributed by atoms with Gasteiger partial charge in [-0.2, -0.15) is 0 Å². The molecule has 1 atom stereocenters. The minimum atomic E-state index is -0.128. The Morgan fingerprint density at radius 2 is 2.14 bits per heavy atom. The van der Waals surface area contributed by atoms with E-state index >= 15 is 0 Å². The number of pyridine rings is 2. The molecule has 3 heterocycles. The van der Waals surface area contributed by atoms with Crippen molar-refractivity contribution >= 4 is 16.8 Å². The van der Waals surface area contributed by atoms with Gasteiger partial charge < -0.3 is 10.1 Å². The van der Waals surface area contributed by atoms with E-state index in [9.17, 15) is 4.79 Å². The van der Waals surface area contributed by atoms with Gasteiger partial charge in [0.15, 0.2) is 0 Å². The molecule has 5 nitrogen and oxygen atoms in total. The second-order valence-electron chi connectivity index (χ2n) is 6.19. The summed E-state index contributed by atoms with van der Waals surface area (Å²) in [6.45, 7) is 0.740. The fourth-order valence-electron chi connectivity index (χ4n) is 3.84. The summed E-state index contributed by atoms with van der Waals surface area (Å²) in [5.41, 5.74) is 1.30. The zero-order valence-corrected chi connectivity index (χ0v) is 12.4. The number of hydrogen-bond donors (Lipinski definition) is 1. The van der Waals surface area contributed by atoms with Crippen LogP contribution in [0.5, 0.6) is 0 Å². The van der Waals surface area contributed by atoms with Gasteiger partial charge in [0.2, 0.25) is 0 Å². The Morgan fingerprint density at radius 3 is 3.00 bits per heavy atom. The van der Waals surface area contributed by atoms with Gasteiger partial charge >= 0.3 is 0 Å². The van der Waals surface area contributed by atoms with Crippen LogP contribution < -0.4 is 5.32 Å². The first-order chi connectivity index (χ1) is 10.8. The van der Waals surface area contributed by atoms with E-state index in [1.54, 1.807) is 24.7 Å². The molecule has 1 aliphatic carbocycles. The lowest BCUT2D eigenvalue weighted by molar-refractivity contribution is -0.00399. The Bertz CT molecular complexity index is 699. The summed E-state index contributed by atoms with van der Waals surface area (Å²) in [6.07, 6.45) is 10.4. The number of nitrogens with one attached hydrogen (secondary N) is 1. The van der Waals surface area contributed by atoms with Gasteiger partial charge in [-0.1, -0.05) is 12.8 Å². The highest BCUT2D eigenvalue weighted by Gasteiger charge is 2.46. The lowest BCUT2D eigenvalue weighted by atomic mass is 9.92. The molecule has 1 amide bonds. The molecule has 2 aliphatic rings. The SMILES string of the molecule is O=C(NC1CCOC12CCCC2)c1ccnc2ccncc12. The Morgan fingerprint density at radius 1 is 1.27 bits per heavy atom. The maximum atomic E-state index is 12.7. The molecule has 2 aromatic rings. The number of hydrogen-bond acceptors (Lipinski definition) is 4. The number of rotatable bonds is 2. The van der Waals surface area contributed by atoms with Gasteiger partial charge in [-0.25, -0.2) is 0 Å². The monoisotopic (exact) mass is 297 g/mol. The van der Waals surface area contributed by atoms with Gasteiger partial charge in [0.05, 0.1) is 22.7 Å². The zero-order chi connectivity index (χ0) is 15.0. The van der Waals surface area contributed by atoms with Crippen LogP contribution in [0, 0.1) is 0 Å². The maximum absolute atomic E-state index is 12.7. The highest BCUT2D eigenvalue weighted by atomic mass is 16.5. The molecule has 4 rings (SSSR count). The number of amides is 1. The van der Waals surface area contributed by atoms with Gasteiger partial charge in [0.25, 0.3) is 5.91 Å². The zero-order valence-electron chi connectivity index (χ0n) is 12.4. The first-order valence-electron chi connectivity index (χ1n) is 7.92. The van der Waals surface area contributed by atoms with Gasteiger partial charge in [-0.15, -0.1) is 0 Å². The second kappa shape index (κ2) is 5.32. The predicted octanol–water partition coefficient (Wildman–Crippen LogP) is 2.46. The molecule has 1 unspecified atom stereocenters. The number of carbonyl (C=O) groups excluding carboxylic acids is 1. The number of fused-ring (bicyclic) bond motifs is 1. The Hall–Kier alpha value is -2.01. The van der Waals surface area contributed by atoms with Gasteiger partial charge in [-0.05, 0) is 31.4 Å². The first-order valence-corrected chi connectivity index (χ1v) is 7.92. The summed E-state index contributed by atoms with van der Waals surface area (Å²) in [7, 11) is 0. The number of nitrogens with zero attached hydrogens (tertiary/aromatic N) is 2. The quantitative estimate of drug-likeness (QED) is 0.925. The van der Waals surface area contributed by atoms with Crippen molar-refractivity contribution in [2.75, 3.05) is 6.61 Å². The smallest absolute Gasteiger partial charge is 0.252 e. The molecule has 0 radical (unpaired) electrons.